The van der Waals surface area contributed by atoms with Crippen LogP contribution >= 0.6 is 0 Å². The molecule has 0 fully saturated rings. The highest BCUT2D eigenvalue weighted by Gasteiger charge is 2.11. The third-order valence-corrected chi connectivity index (χ3v) is 3.01. The van der Waals surface area contributed by atoms with Crippen molar-refractivity contribution < 1.29 is 4.74 Å². The molecule has 1 rings (SSSR count). The monoisotopic (exact) mass is 261 g/mol. The highest BCUT2D eigenvalue weighted by molar-refractivity contribution is 5.55. The van der Waals surface area contributed by atoms with Crippen molar-refractivity contribution in [2.24, 2.45) is 5.92 Å². The van der Waals surface area contributed by atoms with Crippen LogP contribution in [0.3, 0.4) is 0 Å². The summed E-state index contributed by atoms with van der Waals surface area (Å²) in [6, 6.07) is 8.18. The summed E-state index contributed by atoms with van der Waals surface area (Å²) in [7, 11) is 1.70. The van der Waals surface area contributed by atoms with Gasteiger partial charge >= 0.3 is 0 Å². The lowest BCUT2D eigenvalue weighted by Gasteiger charge is -2.23. The summed E-state index contributed by atoms with van der Waals surface area (Å²) in [6.45, 7) is 12.0. The van der Waals surface area contributed by atoms with Crippen molar-refractivity contribution in [2.75, 3.05) is 13.7 Å². The standard InChI is InChI=1S/C17H27NO/c1-13(2)15(12-18-17(3,4)5)10-14-8-7-9-16(11-14)19-6/h7-11,13,18H,12H2,1-6H3. The molecule has 0 aliphatic rings. The molecule has 0 saturated heterocycles. The topological polar surface area (TPSA) is 21.3 Å². The smallest absolute Gasteiger partial charge is 0.119 e. The lowest BCUT2D eigenvalue weighted by Crippen LogP contribution is -2.37. The Kier molecular flexibility index (Phi) is 5.61. The Balaban J connectivity index is 2.88. The van der Waals surface area contributed by atoms with Gasteiger partial charge in [-0.25, -0.2) is 0 Å². The predicted octanol–water partition coefficient (Wildman–Crippen LogP) is 4.12. The largest absolute Gasteiger partial charge is 0.497 e. The van der Waals surface area contributed by atoms with E-state index in [4.69, 9.17) is 4.74 Å². The zero-order valence-electron chi connectivity index (χ0n) is 13.1. The Hall–Kier alpha value is -1.28. The molecule has 0 bridgehead atoms. The van der Waals surface area contributed by atoms with E-state index in [-0.39, 0.29) is 5.54 Å². The van der Waals surface area contributed by atoms with Crippen LogP contribution in [0.25, 0.3) is 6.08 Å². The molecule has 19 heavy (non-hydrogen) atoms. The van der Waals surface area contributed by atoms with E-state index in [2.05, 4.69) is 58.1 Å². The number of ether oxygens (including phenoxy) is 1. The van der Waals surface area contributed by atoms with Crippen LogP contribution in [0.15, 0.2) is 29.8 Å². The van der Waals surface area contributed by atoms with Gasteiger partial charge in [0.2, 0.25) is 0 Å². The second-order valence-corrected chi connectivity index (χ2v) is 6.25. The zero-order chi connectivity index (χ0) is 14.5. The van der Waals surface area contributed by atoms with Crippen molar-refractivity contribution in [3.63, 3.8) is 0 Å². The van der Waals surface area contributed by atoms with E-state index in [1.807, 2.05) is 12.1 Å². The van der Waals surface area contributed by atoms with E-state index in [1.54, 1.807) is 7.11 Å². The summed E-state index contributed by atoms with van der Waals surface area (Å²) < 4.78 is 5.27. The summed E-state index contributed by atoms with van der Waals surface area (Å²) in [4.78, 5) is 0. The van der Waals surface area contributed by atoms with Gasteiger partial charge in [-0.05, 0) is 44.4 Å². The second kappa shape index (κ2) is 6.76. The third kappa shape index (κ3) is 5.93. The van der Waals surface area contributed by atoms with Crippen LogP contribution in [0.1, 0.15) is 40.2 Å². The molecule has 1 aromatic rings. The molecule has 0 saturated carbocycles. The maximum Gasteiger partial charge on any atom is 0.119 e. The summed E-state index contributed by atoms with van der Waals surface area (Å²) >= 11 is 0. The molecule has 0 spiro atoms. The van der Waals surface area contributed by atoms with Crippen LogP contribution in [0.4, 0.5) is 0 Å². The first kappa shape index (κ1) is 15.8. The van der Waals surface area contributed by atoms with E-state index >= 15 is 0 Å². The number of methoxy groups -OCH3 is 1. The summed E-state index contributed by atoms with van der Waals surface area (Å²) in [5, 5.41) is 3.55. The van der Waals surface area contributed by atoms with E-state index < -0.39 is 0 Å². The van der Waals surface area contributed by atoms with Crippen molar-refractivity contribution in [2.45, 2.75) is 40.2 Å². The van der Waals surface area contributed by atoms with Crippen LogP contribution in [0.2, 0.25) is 0 Å². The number of hydrogen-bond acceptors (Lipinski definition) is 2. The Morgan fingerprint density at radius 1 is 1.32 bits per heavy atom. The highest BCUT2D eigenvalue weighted by atomic mass is 16.5. The first-order chi connectivity index (χ1) is 8.81. The van der Waals surface area contributed by atoms with Crippen LogP contribution in [0, 0.1) is 5.92 Å². The minimum atomic E-state index is 0.141. The van der Waals surface area contributed by atoms with Gasteiger partial charge in [0.25, 0.3) is 0 Å². The fourth-order valence-corrected chi connectivity index (χ4v) is 1.73. The number of nitrogens with one attached hydrogen (secondary N) is 1. The Morgan fingerprint density at radius 3 is 2.53 bits per heavy atom. The van der Waals surface area contributed by atoms with Gasteiger partial charge in [-0.1, -0.05) is 37.6 Å². The minimum absolute atomic E-state index is 0.141. The van der Waals surface area contributed by atoms with Crippen LogP contribution < -0.4 is 10.1 Å². The molecule has 2 heteroatoms. The Bertz CT molecular complexity index is 427. The Labute approximate surface area is 117 Å². The molecule has 0 amide bonds. The van der Waals surface area contributed by atoms with Gasteiger partial charge in [-0.3, -0.25) is 0 Å². The molecule has 0 atom stereocenters. The average molecular weight is 261 g/mol. The quantitative estimate of drug-likeness (QED) is 0.860. The zero-order valence-corrected chi connectivity index (χ0v) is 13.1. The van der Waals surface area contributed by atoms with Crippen LogP contribution in [0.5, 0.6) is 5.75 Å². The molecule has 2 nitrogen and oxygen atoms in total. The lowest BCUT2D eigenvalue weighted by molar-refractivity contribution is 0.414. The Morgan fingerprint density at radius 2 is 2.00 bits per heavy atom. The van der Waals surface area contributed by atoms with E-state index in [9.17, 15) is 0 Å². The van der Waals surface area contributed by atoms with E-state index in [0.29, 0.717) is 5.92 Å². The molecular weight excluding hydrogens is 234 g/mol. The molecule has 0 heterocycles. The van der Waals surface area contributed by atoms with Crippen LogP contribution in [-0.4, -0.2) is 19.2 Å². The van der Waals surface area contributed by atoms with Gasteiger partial charge in [-0.2, -0.15) is 0 Å². The normalized spacial score (nSPS) is 12.9. The fourth-order valence-electron chi connectivity index (χ4n) is 1.73. The van der Waals surface area contributed by atoms with Crippen LogP contribution in [-0.2, 0) is 0 Å². The predicted molar refractivity (Wildman–Crippen MR) is 83.6 cm³/mol. The minimum Gasteiger partial charge on any atom is -0.497 e. The molecule has 0 aliphatic carbocycles. The molecule has 0 unspecified atom stereocenters. The van der Waals surface area contributed by atoms with Crippen molar-refractivity contribution in [1.82, 2.24) is 5.32 Å². The van der Waals surface area contributed by atoms with E-state index in [0.717, 1.165) is 12.3 Å². The van der Waals surface area contributed by atoms with Gasteiger partial charge < -0.3 is 10.1 Å². The SMILES string of the molecule is COc1cccc(C=C(CNC(C)(C)C)C(C)C)c1. The molecule has 106 valence electrons. The van der Waals surface area contributed by atoms with Gasteiger partial charge in [-0.15, -0.1) is 0 Å². The summed E-state index contributed by atoms with van der Waals surface area (Å²) in [5.74, 6) is 1.43. The average Bonchev–Trinajstić information content (AvgIpc) is 2.33. The maximum absolute atomic E-state index is 5.27. The van der Waals surface area contributed by atoms with Crippen molar-refractivity contribution in [1.29, 1.82) is 0 Å². The number of hydrogen-bond donors (Lipinski definition) is 1. The van der Waals surface area contributed by atoms with Crippen molar-refractivity contribution in [3.05, 3.63) is 35.4 Å². The van der Waals surface area contributed by atoms with Gasteiger partial charge in [0.15, 0.2) is 0 Å². The fraction of sp³-hybridized carbons (Fsp3) is 0.529. The first-order valence-corrected chi connectivity index (χ1v) is 6.91. The van der Waals surface area contributed by atoms with Gasteiger partial charge in [0.05, 0.1) is 7.11 Å². The third-order valence-electron chi connectivity index (χ3n) is 3.01. The molecule has 0 aromatic heterocycles. The van der Waals surface area contributed by atoms with Gasteiger partial charge in [0.1, 0.15) is 5.75 Å². The summed E-state index contributed by atoms with van der Waals surface area (Å²) in [5.41, 5.74) is 2.74. The lowest BCUT2D eigenvalue weighted by atomic mass is 9.98. The summed E-state index contributed by atoms with van der Waals surface area (Å²) in [6.07, 6.45) is 2.26. The first-order valence-electron chi connectivity index (χ1n) is 6.91. The molecular formula is C17H27NO. The van der Waals surface area contributed by atoms with Crippen molar-refractivity contribution in [3.8, 4) is 5.75 Å². The maximum atomic E-state index is 5.27. The number of rotatable bonds is 5. The molecule has 0 radical (unpaired) electrons. The van der Waals surface area contributed by atoms with E-state index in [1.165, 1.54) is 11.1 Å². The van der Waals surface area contributed by atoms with Crippen molar-refractivity contribution >= 4 is 6.08 Å². The molecule has 1 N–H and O–H groups in total. The molecule has 1 aromatic carbocycles. The highest BCUT2D eigenvalue weighted by Crippen LogP contribution is 2.19. The number of benzene rings is 1. The second-order valence-electron chi connectivity index (χ2n) is 6.25. The van der Waals surface area contributed by atoms with Gasteiger partial charge in [0, 0.05) is 12.1 Å². The molecule has 0 aliphatic heterocycles.